The molecule has 116 valence electrons. The maximum atomic E-state index is 12.2. The summed E-state index contributed by atoms with van der Waals surface area (Å²) in [7, 11) is 0. The first-order valence-corrected chi connectivity index (χ1v) is 7.45. The molecule has 0 radical (unpaired) electrons. The van der Waals surface area contributed by atoms with E-state index in [-0.39, 0.29) is 24.5 Å². The Labute approximate surface area is 120 Å². The highest BCUT2D eigenvalue weighted by Gasteiger charge is 2.26. The summed E-state index contributed by atoms with van der Waals surface area (Å²) in [6.45, 7) is 8.36. The fourth-order valence-electron chi connectivity index (χ4n) is 2.59. The van der Waals surface area contributed by atoms with Crippen LogP contribution in [0, 0.1) is 11.8 Å². The van der Waals surface area contributed by atoms with Gasteiger partial charge in [0.1, 0.15) is 0 Å². The molecule has 0 saturated carbocycles. The quantitative estimate of drug-likeness (QED) is 0.683. The molecule has 1 aliphatic heterocycles. The SMILES string of the molecule is CCN(C(=O)NCC(C(=O)O)C(C)C)C1CCNCC1. The Morgan fingerprint density at radius 1 is 1.35 bits per heavy atom. The third-order valence-corrected chi connectivity index (χ3v) is 3.95. The topological polar surface area (TPSA) is 81.7 Å². The Hall–Kier alpha value is -1.30. The van der Waals surface area contributed by atoms with Crippen LogP contribution in [0.2, 0.25) is 0 Å². The standard InChI is InChI=1S/C14H27N3O3/c1-4-17(11-5-7-15-8-6-11)14(20)16-9-12(10(2)3)13(18)19/h10-12,15H,4-9H2,1-3H3,(H,16,20)(H,18,19). The number of hydrogen-bond acceptors (Lipinski definition) is 3. The zero-order valence-electron chi connectivity index (χ0n) is 12.7. The molecule has 0 aromatic carbocycles. The van der Waals surface area contributed by atoms with Crippen molar-refractivity contribution in [1.29, 1.82) is 0 Å². The number of rotatable bonds is 6. The van der Waals surface area contributed by atoms with Gasteiger partial charge < -0.3 is 20.6 Å². The Morgan fingerprint density at radius 2 is 1.95 bits per heavy atom. The van der Waals surface area contributed by atoms with Gasteiger partial charge in [0, 0.05) is 19.1 Å². The zero-order valence-corrected chi connectivity index (χ0v) is 12.7. The fraction of sp³-hybridized carbons (Fsp3) is 0.857. The minimum Gasteiger partial charge on any atom is -0.481 e. The molecular weight excluding hydrogens is 258 g/mol. The van der Waals surface area contributed by atoms with E-state index < -0.39 is 11.9 Å². The lowest BCUT2D eigenvalue weighted by molar-refractivity contribution is -0.142. The van der Waals surface area contributed by atoms with E-state index in [1.165, 1.54) is 0 Å². The van der Waals surface area contributed by atoms with Crippen molar-refractivity contribution in [3.63, 3.8) is 0 Å². The molecule has 1 heterocycles. The molecule has 0 aliphatic carbocycles. The van der Waals surface area contributed by atoms with Crippen molar-refractivity contribution in [2.75, 3.05) is 26.2 Å². The summed E-state index contributed by atoms with van der Waals surface area (Å²) in [5, 5.41) is 15.2. The number of nitrogens with zero attached hydrogens (tertiary/aromatic N) is 1. The van der Waals surface area contributed by atoms with E-state index in [2.05, 4.69) is 10.6 Å². The number of carbonyl (C=O) groups excluding carboxylic acids is 1. The van der Waals surface area contributed by atoms with Crippen LogP contribution in [0.3, 0.4) is 0 Å². The number of piperidine rings is 1. The number of aliphatic carboxylic acids is 1. The Balaban J connectivity index is 2.52. The van der Waals surface area contributed by atoms with Crippen LogP contribution in [0.4, 0.5) is 4.79 Å². The molecule has 1 unspecified atom stereocenters. The summed E-state index contributed by atoms with van der Waals surface area (Å²) in [6, 6.07) is 0.106. The van der Waals surface area contributed by atoms with Gasteiger partial charge in [0.25, 0.3) is 0 Å². The second kappa shape index (κ2) is 8.09. The number of carbonyl (C=O) groups is 2. The monoisotopic (exact) mass is 285 g/mol. The molecule has 0 aromatic rings. The van der Waals surface area contributed by atoms with E-state index in [9.17, 15) is 9.59 Å². The molecule has 2 amide bonds. The average Bonchev–Trinajstić information content (AvgIpc) is 2.40. The van der Waals surface area contributed by atoms with Gasteiger partial charge in [-0.1, -0.05) is 13.8 Å². The fourth-order valence-corrected chi connectivity index (χ4v) is 2.59. The van der Waals surface area contributed by atoms with Crippen LogP contribution in [0.15, 0.2) is 0 Å². The van der Waals surface area contributed by atoms with Crippen LogP contribution in [-0.2, 0) is 4.79 Å². The smallest absolute Gasteiger partial charge is 0.317 e. The Morgan fingerprint density at radius 3 is 2.40 bits per heavy atom. The molecular formula is C14H27N3O3. The van der Waals surface area contributed by atoms with Gasteiger partial charge in [-0.2, -0.15) is 0 Å². The van der Waals surface area contributed by atoms with Gasteiger partial charge in [0.15, 0.2) is 0 Å². The molecule has 0 aromatic heterocycles. The molecule has 1 rings (SSSR count). The van der Waals surface area contributed by atoms with E-state index in [4.69, 9.17) is 5.11 Å². The van der Waals surface area contributed by atoms with Crippen LogP contribution in [0.25, 0.3) is 0 Å². The van der Waals surface area contributed by atoms with Gasteiger partial charge in [-0.3, -0.25) is 4.79 Å². The van der Waals surface area contributed by atoms with Crippen molar-refractivity contribution in [2.45, 2.75) is 39.7 Å². The Bertz CT molecular complexity index is 328. The van der Waals surface area contributed by atoms with Gasteiger partial charge in [0.05, 0.1) is 5.92 Å². The minimum absolute atomic E-state index is 0.00163. The van der Waals surface area contributed by atoms with Gasteiger partial charge in [-0.05, 0) is 38.8 Å². The van der Waals surface area contributed by atoms with E-state index in [1.807, 2.05) is 25.7 Å². The van der Waals surface area contributed by atoms with Crippen LogP contribution in [0.1, 0.15) is 33.6 Å². The molecule has 1 saturated heterocycles. The summed E-state index contributed by atoms with van der Waals surface area (Å²) in [4.78, 5) is 25.2. The predicted octanol–water partition coefficient (Wildman–Crippen LogP) is 1.13. The number of hydrogen-bond donors (Lipinski definition) is 3. The summed E-state index contributed by atoms with van der Waals surface area (Å²) in [5.41, 5.74) is 0. The van der Waals surface area contributed by atoms with Crippen molar-refractivity contribution in [3.8, 4) is 0 Å². The number of urea groups is 1. The van der Waals surface area contributed by atoms with Crippen LogP contribution >= 0.6 is 0 Å². The highest BCUT2D eigenvalue weighted by atomic mass is 16.4. The third kappa shape index (κ3) is 4.67. The summed E-state index contributed by atoms with van der Waals surface area (Å²) in [5.74, 6) is -1.39. The van der Waals surface area contributed by atoms with E-state index in [0.29, 0.717) is 6.54 Å². The third-order valence-electron chi connectivity index (χ3n) is 3.95. The van der Waals surface area contributed by atoms with Crippen molar-refractivity contribution < 1.29 is 14.7 Å². The van der Waals surface area contributed by atoms with Crippen LogP contribution in [-0.4, -0.2) is 54.2 Å². The number of nitrogens with one attached hydrogen (secondary N) is 2. The second-order valence-corrected chi connectivity index (χ2v) is 5.64. The molecule has 1 fully saturated rings. The van der Waals surface area contributed by atoms with Crippen LogP contribution < -0.4 is 10.6 Å². The number of carboxylic acids is 1. The summed E-state index contributed by atoms with van der Waals surface area (Å²) in [6.07, 6.45) is 1.90. The number of amides is 2. The molecule has 20 heavy (non-hydrogen) atoms. The first-order valence-electron chi connectivity index (χ1n) is 7.45. The highest BCUT2D eigenvalue weighted by molar-refractivity contribution is 5.76. The van der Waals surface area contributed by atoms with Gasteiger partial charge in [-0.15, -0.1) is 0 Å². The van der Waals surface area contributed by atoms with Crippen molar-refractivity contribution in [2.24, 2.45) is 11.8 Å². The average molecular weight is 285 g/mol. The summed E-state index contributed by atoms with van der Waals surface area (Å²) >= 11 is 0. The first kappa shape index (κ1) is 16.8. The maximum absolute atomic E-state index is 12.2. The minimum atomic E-state index is -0.856. The lowest BCUT2D eigenvalue weighted by Gasteiger charge is -2.34. The first-order chi connectivity index (χ1) is 9.47. The molecule has 6 nitrogen and oxygen atoms in total. The van der Waals surface area contributed by atoms with Crippen molar-refractivity contribution >= 4 is 12.0 Å². The summed E-state index contributed by atoms with van der Waals surface area (Å²) < 4.78 is 0. The Kier molecular flexibility index (Phi) is 6.78. The molecule has 0 spiro atoms. The van der Waals surface area contributed by atoms with Gasteiger partial charge in [-0.25, -0.2) is 4.79 Å². The molecule has 1 aliphatic rings. The van der Waals surface area contributed by atoms with Crippen LogP contribution in [0.5, 0.6) is 0 Å². The molecule has 6 heteroatoms. The molecule has 0 bridgehead atoms. The maximum Gasteiger partial charge on any atom is 0.317 e. The van der Waals surface area contributed by atoms with Gasteiger partial charge in [0.2, 0.25) is 0 Å². The zero-order chi connectivity index (χ0) is 15.1. The molecule has 1 atom stereocenters. The van der Waals surface area contributed by atoms with Crippen molar-refractivity contribution in [3.05, 3.63) is 0 Å². The van der Waals surface area contributed by atoms with E-state index in [0.717, 1.165) is 25.9 Å². The van der Waals surface area contributed by atoms with E-state index >= 15 is 0 Å². The van der Waals surface area contributed by atoms with Crippen molar-refractivity contribution in [1.82, 2.24) is 15.5 Å². The highest BCUT2D eigenvalue weighted by Crippen LogP contribution is 2.13. The second-order valence-electron chi connectivity index (χ2n) is 5.64. The predicted molar refractivity (Wildman–Crippen MR) is 77.6 cm³/mol. The molecule has 3 N–H and O–H groups in total. The number of carboxylic acid groups (broad SMARTS) is 1. The largest absolute Gasteiger partial charge is 0.481 e. The normalized spacial score (nSPS) is 17.8. The lowest BCUT2D eigenvalue weighted by atomic mass is 9.96. The van der Waals surface area contributed by atoms with E-state index in [1.54, 1.807) is 0 Å². The lowest BCUT2D eigenvalue weighted by Crippen LogP contribution is -2.51. The van der Waals surface area contributed by atoms with Gasteiger partial charge >= 0.3 is 12.0 Å².